The largest absolute Gasteiger partial charge is 0.480 e. The van der Waals surface area contributed by atoms with Crippen molar-refractivity contribution in [3.05, 3.63) is 17.8 Å². The van der Waals surface area contributed by atoms with Crippen molar-refractivity contribution < 1.29 is 47.3 Å². The van der Waals surface area contributed by atoms with Crippen molar-refractivity contribution in [1.29, 1.82) is 0 Å². The number of rotatable bonds is 4. The summed E-state index contributed by atoms with van der Waals surface area (Å²) in [6.07, 6.45) is -9.76. The first kappa shape index (κ1) is 24.8. The van der Waals surface area contributed by atoms with Crippen LogP contribution in [-0.2, 0) is 20.7 Å². The smallest absolute Gasteiger partial charge is 0.414 e. The van der Waals surface area contributed by atoms with E-state index in [4.69, 9.17) is 9.84 Å². The number of carboxylic acid groups (broad SMARTS) is 2. The first-order valence-electron chi connectivity index (χ1n) is 9.23. The Kier molecular flexibility index (Phi) is 6.66. The van der Waals surface area contributed by atoms with Crippen molar-refractivity contribution in [1.82, 2.24) is 15.1 Å². The van der Waals surface area contributed by atoms with E-state index in [1.807, 2.05) is 0 Å². The number of imide groups is 1. The molecule has 0 aromatic carbocycles. The lowest BCUT2D eigenvalue weighted by atomic mass is 9.71. The highest BCUT2D eigenvalue weighted by Gasteiger charge is 2.60. The van der Waals surface area contributed by atoms with Crippen molar-refractivity contribution in [3.8, 4) is 0 Å². The number of aliphatic carboxylic acids is 1. The Bertz CT molecular complexity index is 915. The van der Waals surface area contributed by atoms with Crippen LogP contribution in [-0.4, -0.2) is 67.7 Å². The predicted octanol–water partition coefficient (Wildman–Crippen LogP) is 2.53. The van der Waals surface area contributed by atoms with Gasteiger partial charge in [-0.05, 0) is 39.3 Å². The molecule has 2 heterocycles. The van der Waals surface area contributed by atoms with Crippen LogP contribution in [0, 0.1) is 11.3 Å². The number of hydrogen-bond donors (Lipinski definition) is 3. The highest BCUT2D eigenvalue weighted by molar-refractivity contribution is 6.07. The predicted molar refractivity (Wildman–Crippen MR) is 99.6 cm³/mol. The molecule has 0 aliphatic carbocycles. The van der Waals surface area contributed by atoms with Crippen molar-refractivity contribution in [2.45, 2.75) is 45.4 Å². The number of carbonyl (C=O) groups is 4. The number of carboxylic acids is 1. The van der Waals surface area contributed by atoms with Crippen LogP contribution in [0.3, 0.4) is 0 Å². The average Bonchev–Trinajstić information content (AvgIpc) is 2.62. The van der Waals surface area contributed by atoms with Gasteiger partial charge in [0, 0.05) is 13.0 Å². The second kappa shape index (κ2) is 8.59. The summed E-state index contributed by atoms with van der Waals surface area (Å²) in [5.41, 5.74) is -3.70. The van der Waals surface area contributed by atoms with Crippen molar-refractivity contribution in [3.63, 3.8) is 0 Å². The Morgan fingerprint density at radius 2 is 1.84 bits per heavy atom. The van der Waals surface area contributed by atoms with Gasteiger partial charge in [-0.25, -0.2) is 14.5 Å². The molecule has 1 saturated heterocycles. The minimum absolute atomic E-state index is 0.0947. The molecule has 1 unspecified atom stereocenters. The summed E-state index contributed by atoms with van der Waals surface area (Å²) < 4.78 is 45.0. The van der Waals surface area contributed by atoms with Crippen LogP contribution in [0.25, 0.3) is 0 Å². The van der Waals surface area contributed by atoms with Crippen molar-refractivity contribution in [2.75, 3.05) is 11.9 Å². The lowest BCUT2D eigenvalue weighted by Gasteiger charge is -2.41. The van der Waals surface area contributed by atoms with Crippen LogP contribution < -0.4 is 5.32 Å². The molecule has 14 heteroatoms. The Morgan fingerprint density at radius 3 is 2.28 bits per heavy atom. The number of anilines is 1. The summed E-state index contributed by atoms with van der Waals surface area (Å²) in [5, 5.41) is 28.4. The number of nitrogens with zero attached hydrogens (tertiary/aromatic N) is 3. The molecule has 1 fully saturated rings. The second-order valence-corrected chi connectivity index (χ2v) is 8.24. The molecule has 32 heavy (non-hydrogen) atoms. The molecule has 2 atom stereocenters. The normalized spacial score (nSPS) is 21.8. The molecule has 11 nitrogen and oxygen atoms in total. The van der Waals surface area contributed by atoms with Gasteiger partial charge in [0.25, 0.3) is 0 Å². The van der Waals surface area contributed by atoms with E-state index in [0.29, 0.717) is 0 Å². The number of likely N-dealkylation sites (tertiary alicyclic amines) is 1. The number of aromatic nitrogens is 2. The second-order valence-electron chi connectivity index (χ2n) is 8.24. The molecule has 3 amide bonds. The fourth-order valence-electron chi connectivity index (χ4n) is 3.16. The minimum Gasteiger partial charge on any atom is -0.480 e. The van der Waals surface area contributed by atoms with E-state index in [1.54, 1.807) is 20.8 Å². The fourth-order valence-corrected chi connectivity index (χ4v) is 3.16. The number of halogens is 3. The van der Waals surface area contributed by atoms with Crippen molar-refractivity contribution >= 4 is 29.9 Å². The molecule has 1 aromatic heterocycles. The molecule has 3 N–H and O–H groups in total. The van der Waals surface area contributed by atoms with Gasteiger partial charge in [0.1, 0.15) is 5.60 Å². The van der Waals surface area contributed by atoms with Gasteiger partial charge >= 0.3 is 24.3 Å². The SMILES string of the molecule is CC(C)(C)OC(=O)Nc1ccc(CC2(C(=O)O)C[C@@H](C(F)(F)F)CN(C(=O)O)C2=O)nn1. The maximum Gasteiger partial charge on any atom is 0.414 e. The summed E-state index contributed by atoms with van der Waals surface area (Å²) >= 11 is 0. The van der Waals surface area contributed by atoms with E-state index < -0.39 is 66.6 Å². The van der Waals surface area contributed by atoms with Gasteiger partial charge in [0.2, 0.25) is 5.91 Å². The zero-order valence-electron chi connectivity index (χ0n) is 17.3. The number of ether oxygens (including phenoxy) is 1. The van der Waals surface area contributed by atoms with Gasteiger partial charge in [-0.2, -0.15) is 18.3 Å². The van der Waals surface area contributed by atoms with Crippen LogP contribution in [0.15, 0.2) is 12.1 Å². The summed E-state index contributed by atoms with van der Waals surface area (Å²) in [4.78, 5) is 47.5. The number of alkyl halides is 3. The van der Waals surface area contributed by atoms with Gasteiger partial charge in [-0.15, -0.1) is 5.10 Å². The number of hydrogen-bond acceptors (Lipinski definition) is 7. The molecule has 1 aliphatic rings. The summed E-state index contributed by atoms with van der Waals surface area (Å²) in [6.45, 7) is 3.69. The highest BCUT2D eigenvalue weighted by Crippen LogP contribution is 2.44. The molecule has 1 aliphatic heterocycles. The quantitative estimate of drug-likeness (QED) is 0.572. The number of nitrogens with one attached hydrogen (secondary N) is 1. The lowest BCUT2D eigenvalue weighted by molar-refractivity contribution is -0.203. The fraction of sp³-hybridized carbons (Fsp3) is 0.556. The minimum atomic E-state index is -4.93. The van der Waals surface area contributed by atoms with E-state index in [9.17, 15) is 37.5 Å². The zero-order chi connectivity index (χ0) is 24.5. The van der Waals surface area contributed by atoms with E-state index >= 15 is 0 Å². The van der Waals surface area contributed by atoms with Gasteiger partial charge in [-0.3, -0.25) is 14.9 Å². The van der Waals surface area contributed by atoms with Crippen LogP contribution in [0.1, 0.15) is 32.9 Å². The van der Waals surface area contributed by atoms with Gasteiger partial charge in [0.15, 0.2) is 11.2 Å². The average molecular weight is 462 g/mol. The van der Waals surface area contributed by atoms with Crippen LogP contribution >= 0.6 is 0 Å². The Balaban J connectivity index is 2.31. The van der Waals surface area contributed by atoms with E-state index in [0.717, 1.165) is 6.07 Å². The van der Waals surface area contributed by atoms with Crippen LogP contribution in [0.5, 0.6) is 0 Å². The zero-order valence-corrected chi connectivity index (χ0v) is 17.3. The molecule has 176 valence electrons. The van der Waals surface area contributed by atoms with Gasteiger partial charge in [0.05, 0.1) is 11.6 Å². The van der Waals surface area contributed by atoms with Crippen molar-refractivity contribution in [2.24, 2.45) is 11.3 Å². The molecular weight excluding hydrogens is 441 g/mol. The Morgan fingerprint density at radius 1 is 1.22 bits per heavy atom. The number of amides is 3. The third kappa shape index (κ3) is 5.62. The van der Waals surface area contributed by atoms with Gasteiger partial charge in [-0.1, -0.05) is 0 Å². The standard InChI is InChI=1S/C18H21F3N4O7/c1-16(2,3)32-14(29)22-11-5-4-10(23-24-11)7-17(13(27)28)6-9(18(19,20)21)8-25(12(17)26)15(30)31/h4-5,9H,6-8H2,1-3H3,(H,27,28)(H,30,31)(H,22,24,29)/t9-,17?/m1/s1. The van der Waals surface area contributed by atoms with Crippen LogP contribution in [0.4, 0.5) is 28.6 Å². The summed E-state index contributed by atoms with van der Waals surface area (Å²) in [6, 6.07) is 2.34. The molecule has 0 bridgehead atoms. The lowest BCUT2D eigenvalue weighted by Crippen LogP contribution is -2.60. The third-order valence-corrected chi connectivity index (χ3v) is 4.59. The third-order valence-electron chi connectivity index (χ3n) is 4.59. The molecule has 1 aromatic rings. The topological polar surface area (TPSA) is 159 Å². The Labute approximate surface area is 179 Å². The maximum atomic E-state index is 13.3. The summed E-state index contributed by atoms with van der Waals surface area (Å²) in [7, 11) is 0. The number of piperidine rings is 1. The molecule has 0 spiro atoms. The maximum absolute atomic E-state index is 13.3. The monoisotopic (exact) mass is 462 g/mol. The highest BCUT2D eigenvalue weighted by atomic mass is 19.4. The van der Waals surface area contributed by atoms with E-state index in [1.165, 1.54) is 6.07 Å². The number of carbonyl (C=O) groups excluding carboxylic acids is 2. The van der Waals surface area contributed by atoms with E-state index in [-0.39, 0.29) is 16.4 Å². The first-order chi connectivity index (χ1) is 14.5. The molecule has 0 radical (unpaired) electrons. The molecule has 0 saturated carbocycles. The molecular formula is C18H21F3N4O7. The first-order valence-corrected chi connectivity index (χ1v) is 9.23. The van der Waals surface area contributed by atoms with Gasteiger partial charge < -0.3 is 14.9 Å². The van der Waals surface area contributed by atoms with E-state index in [2.05, 4.69) is 15.5 Å². The van der Waals surface area contributed by atoms with Crippen LogP contribution in [0.2, 0.25) is 0 Å². The summed E-state index contributed by atoms with van der Waals surface area (Å²) in [5.74, 6) is -5.87. The Hall–Kier alpha value is -3.45. The molecule has 2 rings (SSSR count).